The Balaban J connectivity index is 2.32. The summed E-state index contributed by atoms with van der Waals surface area (Å²) in [6, 6.07) is 6.01. The maximum absolute atomic E-state index is 4.40. The fraction of sp³-hybridized carbons (Fsp3) is 0.300. The number of benzene rings is 1. The summed E-state index contributed by atoms with van der Waals surface area (Å²) in [6.45, 7) is 3.08. The minimum Gasteiger partial charge on any atom is -0.356 e. The highest BCUT2D eigenvalue weighted by Gasteiger charge is 2.01. The number of nitrogens with zero attached hydrogens (tertiary/aromatic N) is 1. The fourth-order valence-electron chi connectivity index (χ4n) is 1.31. The van der Waals surface area contributed by atoms with E-state index in [0.717, 1.165) is 34.4 Å². The van der Waals surface area contributed by atoms with E-state index in [9.17, 15) is 0 Å². The summed E-state index contributed by atoms with van der Waals surface area (Å²) in [4.78, 5) is 7.62. The van der Waals surface area contributed by atoms with Crippen LogP contribution in [-0.4, -0.2) is 16.5 Å². The van der Waals surface area contributed by atoms with Crippen LogP contribution < -0.4 is 5.32 Å². The number of aromatic amines is 1. The molecule has 3 nitrogen and oxygen atoms in total. The maximum Gasteiger partial charge on any atom is 0.201 e. The van der Waals surface area contributed by atoms with E-state index in [4.69, 9.17) is 0 Å². The summed E-state index contributed by atoms with van der Waals surface area (Å²) in [5.74, 6) is 0.847. The van der Waals surface area contributed by atoms with Crippen LogP contribution >= 0.6 is 15.9 Å². The summed E-state index contributed by atoms with van der Waals surface area (Å²) in [6.07, 6.45) is 1.10. The number of anilines is 1. The quantitative estimate of drug-likeness (QED) is 0.883. The zero-order valence-corrected chi connectivity index (χ0v) is 9.56. The van der Waals surface area contributed by atoms with Gasteiger partial charge in [0.15, 0.2) is 0 Å². The van der Waals surface area contributed by atoms with Gasteiger partial charge in [-0.2, -0.15) is 0 Å². The molecule has 0 saturated heterocycles. The van der Waals surface area contributed by atoms with Crippen molar-refractivity contribution in [3.05, 3.63) is 22.7 Å². The number of hydrogen-bond donors (Lipinski definition) is 2. The van der Waals surface area contributed by atoms with Crippen molar-refractivity contribution in [1.29, 1.82) is 0 Å². The lowest BCUT2D eigenvalue weighted by atomic mass is 10.3. The van der Waals surface area contributed by atoms with Gasteiger partial charge in [-0.3, -0.25) is 0 Å². The Bertz CT molecular complexity index is 436. The Kier molecular flexibility index (Phi) is 2.72. The van der Waals surface area contributed by atoms with E-state index in [1.165, 1.54) is 0 Å². The van der Waals surface area contributed by atoms with Crippen LogP contribution in [0, 0.1) is 0 Å². The molecular formula is C10H12BrN3. The second kappa shape index (κ2) is 4.00. The van der Waals surface area contributed by atoms with Crippen molar-refractivity contribution < 1.29 is 0 Å². The van der Waals surface area contributed by atoms with E-state index in [1.54, 1.807) is 0 Å². The number of H-pyrrole nitrogens is 1. The van der Waals surface area contributed by atoms with Crippen LogP contribution in [0.5, 0.6) is 0 Å². The third-order valence-electron chi connectivity index (χ3n) is 1.99. The first kappa shape index (κ1) is 9.52. The molecule has 0 aliphatic heterocycles. The third kappa shape index (κ3) is 1.90. The highest BCUT2D eigenvalue weighted by Crippen LogP contribution is 2.19. The van der Waals surface area contributed by atoms with Crippen molar-refractivity contribution in [3.63, 3.8) is 0 Å². The number of nitrogens with one attached hydrogen (secondary N) is 2. The number of hydrogen-bond acceptors (Lipinski definition) is 2. The molecule has 2 rings (SSSR count). The summed E-state index contributed by atoms with van der Waals surface area (Å²) < 4.78 is 1.07. The van der Waals surface area contributed by atoms with Crippen LogP contribution in [0.25, 0.3) is 11.0 Å². The summed E-state index contributed by atoms with van der Waals surface area (Å²) in [5.41, 5.74) is 2.05. The van der Waals surface area contributed by atoms with Gasteiger partial charge in [0, 0.05) is 11.0 Å². The topological polar surface area (TPSA) is 40.7 Å². The Labute approximate surface area is 91.1 Å². The molecule has 0 fully saturated rings. The van der Waals surface area contributed by atoms with Crippen LogP contribution in [-0.2, 0) is 0 Å². The average Bonchev–Trinajstić information content (AvgIpc) is 2.56. The van der Waals surface area contributed by atoms with E-state index in [2.05, 4.69) is 38.1 Å². The van der Waals surface area contributed by atoms with Gasteiger partial charge >= 0.3 is 0 Å². The van der Waals surface area contributed by atoms with Crippen LogP contribution in [0.3, 0.4) is 0 Å². The van der Waals surface area contributed by atoms with Gasteiger partial charge in [-0.15, -0.1) is 0 Å². The zero-order valence-electron chi connectivity index (χ0n) is 7.97. The third-order valence-corrected chi connectivity index (χ3v) is 2.48. The Morgan fingerprint density at radius 3 is 3.14 bits per heavy atom. The predicted octanol–water partition coefficient (Wildman–Crippen LogP) is 3.15. The molecule has 0 bridgehead atoms. The molecule has 1 heterocycles. The summed E-state index contributed by atoms with van der Waals surface area (Å²) >= 11 is 3.43. The number of fused-ring (bicyclic) bond motifs is 1. The molecule has 2 N–H and O–H groups in total. The van der Waals surface area contributed by atoms with Gasteiger partial charge in [0.05, 0.1) is 11.0 Å². The van der Waals surface area contributed by atoms with Gasteiger partial charge in [-0.1, -0.05) is 22.9 Å². The molecule has 0 saturated carbocycles. The Morgan fingerprint density at radius 1 is 1.50 bits per heavy atom. The molecule has 1 aromatic heterocycles. The first-order valence-corrected chi connectivity index (χ1v) is 5.48. The predicted molar refractivity (Wildman–Crippen MR) is 62.6 cm³/mol. The molecule has 74 valence electrons. The SMILES string of the molecule is CCCNc1nc2ccc(Br)cc2[nH]1. The van der Waals surface area contributed by atoms with Gasteiger partial charge in [0.25, 0.3) is 0 Å². The normalized spacial score (nSPS) is 10.7. The van der Waals surface area contributed by atoms with Gasteiger partial charge < -0.3 is 10.3 Å². The number of imidazole rings is 1. The molecule has 1 aromatic carbocycles. The van der Waals surface area contributed by atoms with Crippen molar-refractivity contribution in [2.75, 3.05) is 11.9 Å². The van der Waals surface area contributed by atoms with E-state index in [0.29, 0.717) is 0 Å². The Morgan fingerprint density at radius 2 is 2.36 bits per heavy atom. The van der Waals surface area contributed by atoms with Gasteiger partial charge in [-0.05, 0) is 24.6 Å². The van der Waals surface area contributed by atoms with Gasteiger partial charge in [-0.25, -0.2) is 4.98 Å². The monoisotopic (exact) mass is 253 g/mol. The van der Waals surface area contributed by atoms with E-state index >= 15 is 0 Å². The molecular weight excluding hydrogens is 242 g/mol. The van der Waals surface area contributed by atoms with Gasteiger partial charge in [0.1, 0.15) is 0 Å². The van der Waals surface area contributed by atoms with E-state index in [1.807, 2.05) is 18.2 Å². The molecule has 0 unspecified atom stereocenters. The molecule has 14 heavy (non-hydrogen) atoms. The Hall–Kier alpha value is -1.03. The lowest BCUT2D eigenvalue weighted by Gasteiger charge is -1.96. The van der Waals surface area contributed by atoms with Crippen LogP contribution in [0.2, 0.25) is 0 Å². The molecule has 2 aromatic rings. The lowest BCUT2D eigenvalue weighted by Crippen LogP contribution is -2.00. The van der Waals surface area contributed by atoms with Crippen LogP contribution in [0.15, 0.2) is 22.7 Å². The molecule has 0 aliphatic rings. The van der Waals surface area contributed by atoms with E-state index in [-0.39, 0.29) is 0 Å². The smallest absolute Gasteiger partial charge is 0.201 e. The molecule has 4 heteroatoms. The second-order valence-electron chi connectivity index (χ2n) is 3.17. The molecule has 0 spiro atoms. The number of aromatic nitrogens is 2. The largest absolute Gasteiger partial charge is 0.356 e. The molecule has 0 atom stereocenters. The summed E-state index contributed by atoms with van der Waals surface area (Å²) in [7, 11) is 0. The molecule has 0 amide bonds. The minimum atomic E-state index is 0.847. The standard InChI is InChI=1S/C10H12BrN3/c1-2-5-12-10-13-8-4-3-7(11)6-9(8)14-10/h3-4,6H,2,5H2,1H3,(H2,12,13,14). The summed E-state index contributed by atoms with van der Waals surface area (Å²) in [5, 5.41) is 3.22. The van der Waals surface area contributed by atoms with Crippen LogP contribution in [0.1, 0.15) is 13.3 Å². The highest BCUT2D eigenvalue weighted by atomic mass is 79.9. The highest BCUT2D eigenvalue weighted by molar-refractivity contribution is 9.10. The molecule has 0 aliphatic carbocycles. The average molecular weight is 254 g/mol. The zero-order chi connectivity index (χ0) is 9.97. The van der Waals surface area contributed by atoms with Gasteiger partial charge in [0.2, 0.25) is 5.95 Å². The lowest BCUT2D eigenvalue weighted by molar-refractivity contribution is 0.964. The van der Waals surface area contributed by atoms with Crippen molar-refractivity contribution in [3.8, 4) is 0 Å². The van der Waals surface area contributed by atoms with Crippen molar-refractivity contribution in [2.45, 2.75) is 13.3 Å². The minimum absolute atomic E-state index is 0.847. The first-order chi connectivity index (χ1) is 6.79. The van der Waals surface area contributed by atoms with Crippen molar-refractivity contribution >= 4 is 32.9 Å². The van der Waals surface area contributed by atoms with Crippen molar-refractivity contribution in [1.82, 2.24) is 9.97 Å². The fourth-order valence-corrected chi connectivity index (χ4v) is 1.67. The maximum atomic E-state index is 4.40. The first-order valence-electron chi connectivity index (χ1n) is 4.68. The number of halogens is 1. The van der Waals surface area contributed by atoms with E-state index < -0.39 is 0 Å². The second-order valence-corrected chi connectivity index (χ2v) is 4.09. The van der Waals surface area contributed by atoms with Crippen molar-refractivity contribution in [2.24, 2.45) is 0 Å². The van der Waals surface area contributed by atoms with Crippen LogP contribution in [0.4, 0.5) is 5.95 Å². The molecule has 0 radical (unpaired) electrons. The number of rotatable bonds is 3.